The third kappa shape index (κ3) is 3.29. The van der Waals surface area contributed by atoms with Crippen LogP contribution >= 0.6 is 0 Å². The zero-order chi connectivity index (χ0) is 20.6. The van der Waals surface area contributed by atoms with E-state index in [1.54, 1.807) is 16.7 Å². The van der Waals surface area contributed by atoms with Gasteiger partial charge in [-0.15, -0.1) is 0 Å². The second-order valence-corrected chi connectivity index (χ2v) is 9.97. The highest BCUT2D eigenvalue weighted by Gasteiger charge is 2.43. The van der Waals surface area contributed by atoms with Crippen LogP contribution in [-0.4, -0.2) is 0 Å². The molecule has 1 fully saturated rings. The van der Waals surface area contributed by atoms with Crippen LogP contribution in [0.3, 0.4) is 0 Å². The highest BCUT2D eigenvalue weighted by molar-refractivity contribution is 6.04. The van der Waals surface area contributed by atoms with Crippen molar-refractivity contribution >= 4 is 10.8 Å². The minimum absolute atomic E-state index is 0.213. The van der Waals surface area contributed by atoms with Crippen molar-refractivity contribution in [1.82, 2.24) is 0 Å². The Morgan fingerprint density at radius 3 is 1.87 bits per heavy atom. The van der Waals surface area contributed by atoms with Crippen molar-refractivity contribution in [3.8, 4) is 11.1 Å². The van der Waals surface area contributed by atoms with Crippen LogP contribution in [0.15, 0.2) is 48.5 Å². The van der Waals surface area contributed by atoms with Crippen molar-refractivity contribution in [1.29, 1.82) is 0 Å². The Labute approximate surface area is 182 Å². The molecule has 0 bridgehead atoms. The van der Waals surface area contributed by atoms with Crippen LogP contribution in [0.4, 0.5) is 0 Å². The summed E-state index contributed by atoms with van der Waals surface area (Å²) < 4.78 is 0. The lowest BCUT2D eigenvalue weighted by Crippen LogP contribution is -2.26. The van der Waals surface area contributed by atoms with Crippen LogP contribution < -0.4 is 0 Å². The van der Waals surface area contributed by atoms with E-state index in [4.69, 9.17) is 0 Å². The van der Waals surface area contributed by atoms with E-state index in [1.807, 2.05) is 0 Å². The lowest BCUT2D eigenvalue weighted by molar-refractivity contribution is 0.389. The Bertz CT molecular complexity index is 1040. The molecule has 0 N–H and O–H groups in total. The molecular formula is C30H36. The van der Waals surface area contributed by atoms with E-state index in [0.29, 0.717) is 0 Å². The largest absolute Gasteiger partial charge is 0.0616 e. The summed E-state index contributed by atoms with van der Waals surface area (Å²) in [5.74, 6) is 0. The molecule has 3 aromatic rings. The molecule has 0 aliphatic heterocycles. The van der Waals surface area contributed by atoms with Crippen LogP contribution in [-0.2, 0) is 5.41 Å². The van der Waals surface area contributed by atoms with E-state index in [1.165, 1.54) is 98.1 Å². The summed E-state index contributed by atoms with van der Waals surface area (Å²) in [6.45, 7) is 4.59. The Morgan fingerprint density at radius 2 is 1.20 bits per heavy atom. The number of hydrogen-bond acceptors (Lipinski definition) is 0. The third-order valence-electron chi connectivity index (χ3n) is 7.93. The van der Waals surface area contributed by atoms with Gasteiger partial charge < -0.3 is 0 Å². The normalized spacial score (nSPS) is 19.1. The number of fused-ring (bicyclic) bond motifs is 7. The zero-order valence-electron chi connectivity index (χ0n) is 18.9. The van der Waals surface area contributed by atoms with Crippen molar-refractivity contribution < 1.29 is 0 Å². The second-order valence-electron chi connectivity index (χ2n) is 9.97. The Morgan fingerprint density at radius 1 is 0.600 bits per heavy atom. The van der Waals surface area contributed by atoms with E-state index in [9.17, 15) is 0 Å². The fraction of sp³-hybridized carbons (Fsp3) is 0.467. The monoisotopic (exact) mass is 396 g/mol. The molecule has 0 heterocycles. The van der Waals surface area contributed by atoms with Gasteiger partial charge in [-0.2, -0.15) is 0 Å². The van der Waals surface area contributed by atoms with Gasteiger partial charge in [0, 0.05) is 5.41 Å². The van der Waals surface area contributed by atoms with Gasteiger partial charge in [0.2, 0.25) is 0 Å². The van der Waals surface area contributed by atoms with Crippen LogP contribution in [0.2, 0.25) is 0 Å². The van der Waals surface area contributed by atoms with Crippen LogP contribution in [0.25, 0.3) is 21.9 Å². The molecule has 156 valence electrons. The number of aryl methyl sites for hydroxylation is 2. The van der Waals surface area contributed by atoms with Crippen molar-refractivity contribution in [3.63, 3.8) is 0 Å². The van der Waals surface area contributed by atoms with Crippen molar-refractivity contribution in [2.75, 3.05) is 0 Å². The highest BCUT2D eigenvalue weighted by atomic mass is 14.5. The summed E-state index contributed by atoms with van der Waals surface area (Å²) in [5, 5.41) is 2.88. The molecule has 30 heavy (non-hydrogen) atoms. The fourth-order valence-electron chi connectivity index (χ4n) is 6.40. The molecule has 0 unspecified atom stereocenters. The van der Waals surface area contributed by atoms with Crippen molar-refractivity contribution in [2.24, 2.45) is 0 Å². The van der Waals surface area contributed by atoms with Crippen LogP contribution in [0, 0.1) is 13.8 Å². The molecule has 3 aromatic carbocycles. The fourth-order valence-corrected chi connectivity index (χ4v) is 6.40. The molecule has 1 saturated carbocycles. The highest BCUT2D eigenvalue weighted by Crippen LogP contribution is 2.56. The van der Waals surface area contributed by atoms with E-state index < -0.39 is 0 Å². The maximum atomic E-state index is 2.57. The molecule has 1 spiro atoms. The first-order valence-electron chi connectivity index (χ1n) is 12.3. The van der Waals surface area contributed by atoms with Crippen molar-refractivity contribution in [2.45, 2.75) is 89.9 Å². The maximum absolute atomic E-state index is 2.57. The van der Waals surface area contributed by atoms with E-state index in [0.717, 1.165) is 0 Å². The number of benzene rings is 3. The van der Waals surface area contributed by atoms with E-state index in [-0.39, 0.29) is 5.41 Å². The summed E-state index contributed by atoms with van der Waals surface area (Å²) >= 11 is 0. The third-order valence-corrected chi connectivity index (χ3v) is 7.93. The maximum Gasteiger partial charge on any atom is 0.0215 e. The Balaban J connectivity index is 1.72. The average molecular weight is 397 g/mol. The zero-order valence-corrected chi connectivity index (χ0v) is 18.9. The smallest absolute Gasteiger partial charge is 0.0215 e. The molecule has 0 radical (unpaired) electrons. The first-order valence-corrected chi connectivity index (χ1v) is 12.3. The Kier molecular flexibility index (Phi) is 5.44. The summed E-state index contributed by atoms with van der Waals surface area (Å²) in [5.41, 5.74) is 9.39. The minimum atomic E-state index is 0.213. The SMILES string of the molecule is Cc1ccc2c(c1)C1(CCCCCCCCCCC1)c1cc(C)c3ccccc3c1-2. The standard InChI is InChI=1S/C30H36/c1-22-16-17-26-27(20-22)30(18-12-8-6-4-3-5-7-9-13-19-30)28-21-23(2)24-14-10-11-15-25(24)29(26)28/h10-11,14-17,20-21H,3-9,12-13,18-19H2,1-2H3. The number of rotatable bonds is 0. The first kappa shape index (κ1) is 19.9. The van der Waals surface area contributed by atoms with Gasteiger partial charge in [0.25, 0.3) is 0 Å². The Hall–Kier alpha value is -2.08. The van der Waals surface area contributed by atoms with Crippen molar-refractivity contribution in [3.05, 3.63) is 70.8 Å². The van der Waals surface area contributed by atoms with E-state index in [2.05, 4.69) is 62.4 Å². The predicted molar refractivity (Wildman–Crippen MR) is 130 cm³/mol. The van der Waals surface area contributed by atoms with Crippen LogP contribution in [0.5, 0.6) is 0 Å². The first-order chi connectivity index (χ1) is 14.7. The summed E-state index contributed by atoms with van der Waals surface area (Å²) in [4.78, 5) is 0. The van der Waals surface area contributed by atoms with Gasteiger partial charge in [-0.25, -0.2) is 0 Å². The van der Waals surface area contributed by atoms with Gasteiger partial charge in [-0.1, -0.05) is 112 Å². The molecule has 5 rings (SSSR count). The molecule has 0 atom stereocenters. The van der Waals surface area contributed by atoms with Gasteiger partial charge in [0.1, 0.15) is 0 Å². The van der Waals surface area contributed by atoms with Gasteiger partial charge in [0.05, 0.1) is 0 Å². The molecule has 0 nitrogen and oxygen atoms in total. The van der Waals surface area contributed by atoms with Gasteiger partial charge in [0.15, 0.2) is 0 Å². The minimum Gasteiger partial charge on any atom is -0.0616 e. The van der Waals surface area contributed by atoms with Crippen LogP contribution in [0.1, 0.15) is 92.9 Å². The molecule has 0 aromatic heterocycles. The lowest BCUT2D eigenvalue weighted by atomic mass is 9.70. The van der Waals surface area contributed by atoms with E-state index >= 15 is 0 Å². The molecule has 0 heteroatoms. The molecule has 2 aliphatic rings. The molecule has 0 saturated heterocycles. The predicted octanol–water partition coefficient (Wildman–Crippen LogP) is 9.03. The molecular weight excluding hydrogens is 360 g/mol. The summed E-state index contributed by atoms with van der Waals surface area (Å²) in [6, 6.07) is 18.9. The summed E-state index contributed by atoms with van der Waals surface area (Å²) in [7, 11) is 0. The second kappa shape index (κ2) is 8.22. The molecule has 0 amide bonds. The quantitative estimate of drug-likeness (QED) is 0.355. The molecule has 2 aliphatic carbocycles. The average Bonchev–Trinajstić information content (AvgIpc) is 3.00. The van der Waals surface area contributed by atoms with Gasteiger partial charge >= 0.3 is 0 Å². The van der Waals surface area contributed by atoms with Gasteiger partial charge in [-0.05, 0) is 65.3 Å². The van der Waals surface area contributed by atoms with Gasteiger partial charge in [-0.3, -0.25) is 0 Å². The number of hydrogen-bond donors (Lipinski definition) is 0. The summed E-state index contributed by atoms with van der Waals surface area (Å²) in [6.07, 6.45) is 15.3. The topological polar surface area (TPSA) is 0 Å². The lowest BCUT2D eigenvalue weighted by Gasteiger charge is -2.33.